The molecular formula is C13H12O5. The maximum absolute atomic E-state index is 11.6. The molecule has 0 aromatic heterocycles. The predicted molar refractivity (Wildman–Crippen MR) is 59.4 cm³/mol. The van der Waals surface area contributed by atoms with Gasteiger partial charge in [-0.1, -0.05) is 6.07 Å². The lowest BCUT2D eigenvalue weighted by Crippen LogP contribution is -2.28. The van der Waals surface area contributed by atoms with Crippen molar-refractivity contribution in [1.29, 1.82) is 0 Å². The summed E-state index contributed by atoms with van der Waals surface area (Å²) in [5.74, 6) is 1.43. The van der Waals surface area contributed by atoms with Gasteiger partial charge < -0.3 is 18.9 Å². The van der Waals surface area contributed by atoms with Crippen LogP contribution < -0.4 is 9.47 Å². The van der Waals surface area contributed by atoms with Crippen molar-refractivity contribution in [3.05, 3.63) is 23.8 Å². The first-order valence-corrected chi connectivity index (χ1v) is 5.98. The molecule has 0 saturated carbocycles. The van der Waals surface area contributed by atoms with E-state index in [1.54, 1.807) is 0 Å². The van der Waals surface area contributed by atoms with E-state index < -0.39 is 5.60 Å². The zero-order chi connectivity index (χ0) is 12.2. The highest BCUT2D eigenvalue weighted by Gasteiger charge is 2.63. The van der Waals surface area contributed by atoms with E-state index in [-0.39, 0.29) is 18.7 Å². The molecule has 2 saturated heterocycles. The van der Waals surface area contributed by atoms with Gasteiger partial charge in [0.05, 0.1) is 13.2 Å². The molecule has 1 aromatic carbocycles. The predicted octanol–water partition coefficient (Wildman–Crippen LogP) is 0.900. The van der Waals surface area contributed by atoms with Gasteiger partial charge in [0.25, 0.3) is 0 Å². The van der Waals surface area contributed by atoms with Gasteiger partial charge in [0.1, 0.15) is 0 Å². The third kappa shape index (κ3) is 1.34. The van der Waals surface area contributed by atoms with Gasteiger partial charge in [-0.25, -0.2) is 4.79 Å². The highest BCUT2D eigenvalue weighted by Crippen LogP contribution is 2.43. The molecule has 0 aliphatic carbocycles. The summed E-state index contributed by atoms with van der Waals surface area (Å²) >= 11 is 0. The molecule has 2 fully saturated rings. The summed E-state index contributed by atoms with van der Waals surface area (Å²) < 4.78 is 21.0. The fourth-order valence-electron chi connectivity index (χ4n) is 2.61. The maximum atomic E-state index is 11.6. The molecule has 0 amide bonds. The Morgan fingerprint density at radius 3 is 2.89 bits per heavy atom. The number of fused-ring (bicyclic) bond motifs is 1. The van der Waals surface area contributed by atoms with Crippen molar-refractivity contribution in [2.75, 3.05) is 20.0 Å². The zero-order valence-electron chi connectivity index (χ0n) is 9.68. The summed E-state index contributed by atoms with van der Waals surface area (Å²) in [6, 6.07) is 5.85. The molecule has 3 heterocycles. The second kappa shape index (κ2) is 3.38. The Balaban J connectivity index is 1.57. The SMILES string of the molecule is O=C1OC[C@H](Cc2ccc3c(c2)OCO3)[C@]12CO2. The normalized spacial score (nSPS) is 31.8. The van der Waals surface area contributed by atoms with Crippen LogP contribution in [0.25, 0.3) is 0 Å². The van der Waals surface area contributed by atoms with E-state index in [9.17, 15) is 4.79 Å². The van der Waals surface area contributed by atoms with Gasteiger partial charge in [0.2, 0.25) is 6.79 Å². The van der Waals surface area contributed by atoms with Crippen molar-refractivity contribution >= 4 is 5.97 Å². The van der Waals surface area contributed by atoms with Gasteiger partial charge in [-0.3, -0.25) is 0 Å². The fourth-order valence-corrected chi connectivity index (χ4v) is 2.61. The van der Waals surface area contributed by atoms with Crippen molar-refractivity contribution in [2.24, 2.45) is 5.92 Å². The second-order valence-electron chi connectivity index (χ2n) is 4.87. The first kappa shape index (κ1) is 10.2. The molecule has 0 N–H and O–H groups in total. The van der Waals surface area contributed by atoms with Crippen LogP contribution in [0.2, 0.25) is 0 Å². The summed E-state index contributed by atoms with van der Waals surface area (Å²) in [6.07, 6.45) is 0.752. The van der Waals surface area contributed by atoms with Crippen molar-refractivity contribution in [3.63, 3.8) is 0 Å². The highest BCUT2D eigenvalue weighted by molar-refractivity contribution is 5.84. The number of carbonyl (C=O) groups excluding carboxylic acids is 1. The Hall–Kier alpha value is -1.75. The lowest BCUT2D eigenvalue weighted by molar-refractivity contribution is -0.142. The van der Waals surface area contributed by atoms with E-state index in [1.807, 2.05) is 18.2 Å². The van der Waals surface area contributed by atoms with Crippen molar-refractivity contribution in [2.45, 2.75) is 12.0 Å². The van der Waals surface area contributed by atoms with E-state index >= 15 is 0 Å². The Kier molecular flexibility index (Phi) is 1.92. The minimum Gasteiger partial charge on any atom is -0.463 e. The van der Waals surface area contributed by atoms with Crippen LogP contribution in [0, 0.1) is 5.92 Å². The van der Waals surface area contributed by atoms with Gasteiger partial charge in [0, 0.05) is 5.92 Å². The number of hydrogen-bond acceptors (Lipinski definition) is 5. The van der Waals surface area contributed by atoms with Crippen LogP contribution >= 0.6 is 0 Å². The van der Waals surface area contributed by atoms with Gasteiger partial charge in [-0.2, -0.15) is 0 Å². The van der Waals surface area contributed by atoms with Gasteiger partial charge in [-0.05, 0) is 24.1 Å². The molecule has 1 spiro atoms. The smallest absolute Gasteiger partial charge is 0.341 e. The highest BCUT2D eigenvalue weighted by atomic mass is 16.7. The van der Waals surface area contributed by atoms with E-state index in [0.29, 0.717) is 13.2 Å². The molecule has 94 valence electrons. The number of esters is 1. The molecule has 5 heteroatoms. The lowest BCUT2D eigenvalue weighted by Gasteiger charge is -2.11. The Morgan fingerprint density at radius 2 is 2.06 bits per heavy atom. The molecule has 4 rings (SSSR count). The molecule has 3 aliphatic heterocycles. The largest absolute Gasteiger partial charge is 0.463 e. The van der Waals surface area contributed by atoms with Crippen molar-refractivity contribution in [1.82, 2.24) is 0 Å². The van der Waals surface area contributed by atoms with Crippen LogP contribution in [0.5, 0.6) is 11.5 Å². The van der Waals surface area contributed by atoms with E-state index in [4.69, 9.17) is 18.9 Å². The topological polar surface area (TPSA) is 57.3 Å². The van der Waals surface area contributed by atoms with Gasteiger partial charge in [0.15, 0.2) is 17.1 Å². The number of benzene rings is 1. The molecule has 18 heavy (non-hydrogen) atoms. The number of hydrogen-bond donors (Lipinski definition) is 0. The summed E-state index contributed by atoms with van der Waals surface area (Å²) in [5, 5.41) is 0. The number of rotatable bonds is 2. The molecule has 5 nitrogen and oxygen atoms in total. The first-order chi connectivity index (χ1) is 8.78. The maximum Gasteiger partial charge on any atom is 0.341 e. The average molecular weight is 248 g/mol. The minimum atomic E-state index is -0.656. The summed E-state index contributed by atoms with van der Waals surface area (Å²) in [5.41, 5.74) is 0.452. The second-order valence-corrected chi connectivity index (χ2v) is 4.87. The number of carbonyl (C=O) groups is 1. The van der Waals surface area contributed by atoms with Crippen LogP contribution in [0.4, 0.5) is 0 Å². The first-order valence-electron chi connectivity index (χ1n) is 5.98. The van der Waals surface area contributed by atoms with E-state index in [2.05, 4.69) is 0 Å². The monoisotopic (exact) mass is 248 g/mol. The van der Waals surface area contributed by atoms with Crippen molar-refractivity contribution < 1.29 is 23.7 Å². The quantitative estimate of drug-likeness (QED) is 0.575. The molecule has 2 atom stereocenters. The average Bonchev–Trinajstić information content (AvgIpc) is 2.96. The van der Waals surface area contributed by atoms with E-state index in [0.717, 1.165) is 23.5 Å². The number of epoxide rings is 1. The summed E-state index contributed by atoms with van der Waals surface area (Å²) in [4.78, 5) is 11.6. The standard InChI is InChI=1S/C13H12O5/c14-12-13(6-18-13)9(5-15-12)3-8-1-2-10-11(4-8)17-7-16-10/h1-2,4,9H,3,5-7H2/t9-,13+/m0/s1. The van der Waals surface area contributed by atoms with E-state index in [1.165, 1.54) is 0 Å². The molecule has 1 aromatic rings. The molecular weight excluding hydrogens is 236 g/mol. The van der Waals surface area contributed by atoms with Crippen LogP contribution in [-0.2, 0) is 20.7 Å². The van der Waals surface area contributed by atoms with Crippen LogP contribution in [-0.4, -0.2) is 31.6 Å². The third-order valence-corrected chi connectivity index (χ3v) is 3.80. The van der Waals surface area contributed by atoms with Gasteiger partial charge in [-0.15, -0.1) is 0 Å². The van der Waals surface area contributed by atoms with Crippen LogP contribution in [0.15, 0.2) is 18.2 Å². The number of cyclic esters (lactones) is 1. The molecule has 0 radical (unpaired) electrons. The number of ether oxygens (including phenoxy) is 4. The van der Waals surface area contributed by atoms with Crippen LogP contribution in [0.3, 0.4) is 0 Å². The van der Waals surface area contributed by atoms with Crippen molar-refractivity contribution in [3.8, 4) is 11.5 Å². The summed E-state index contributed by atoms with van der Waals surface area (Å²) in [6.45, 7) is 1.20. The molecule has 3 aliphatic rings. The molecule has 0 unspecified atom stereocenters. The molecule has 0 bridgehead atoms. The fraction of sp³-hybridized carbons (Fsp3) is 0.462. The Labute approximate surface area is 104 Å². The van der Waals surface area contributed by atoms with Gasteiger partial charge >= 0.3 is 5.97 Å². The third-order valence-electron chi connectivity index (χ3n) is 3.80. The van der Waals surface area contributed by atoms with Crippen LogP contribution in [0.1, 0.15) is 5.56 Å². The lowest BCUT2D eigenvalue weighted by atomic mass is 9.89. The Morgan fingerprint density at radius 1 is 1.22 bits per heavy atom. The minimum absolute atomic E-state index is 0.102. The zero-order valence-corrected chi connectivity index (χ0v) is 9.68. The summed E-state index contributed by atoms with van der Waals surface area (Å²) in [7, 11) is 0. The Bertz CT molecular complexity index is 520.